The molecule has 0 spiro atoms. The Morgan fingerprint density at radius 3 is 2.32 bits per heavy atom. The molecule has 1 aliphatic rings. The van der Waals surface area contributed by atoms with Crippen LogP contribution < -0.4 is 10.6 Å². The van der Waals surface area contributed by atoms with Gasteiger partial charge in [-0.1, -0.05) is 19.3 Å². The molecule has 0 aromatic heterocycles. The number of carbonyl (C=O) groups is 2. The Balaban J connectivity index is 2.25. The van der Waals surface area contributed by atoms with E-state index in [1.807, 2.05) is 6.07 Å². The zero-order chi connectivity index (χ0) is 18.4. The van der Waals surface area contributed by atoms with E-state index < -0.39 is 0 Å². The summed E-state index contributed by atoms with van der Waals surface area (Å²) in [5.41, 5.74) is 6.75. The molecule has 0 unspecified atom stereocenters. The van der Waals surface area contributed by atoms with Gasteiger partial charge in [0, 0.05) is 37.6 Å². The standard InChI is InChI=1S/C19H24N4O2/c1-14(24)23(18-10-8-16(21)9-11-18)13-15(12-20)19(25)22(2)17-6-4-3-5-7-17/h8-11,13,17H,3-7,21H2,1-2H3/b15-13-. The molecule has 1 fully saturated rings. The van der Waals surface area contributed by atoms with Gasteiger partial charge in [-0.05, 0) is 37.1 Å². The van der Waals surface area contributed by atoms with E-state index in [1.165, 1.54) is 24.4 Å². The molecule has 2 amide bonds. The first-order chi connectivity index (χ1) is 11.9. The number of carbonyl (C=O) groups excluding carboxylic acids is 2. The monoisotopic (exact) mass is 340 g/mol. The van der Waals surface area contributed by atoms with Crippen molar-refractivity contribution in [1.82, 2.24) is 4.90 Å². The summed E-state index contributed by atoms with van der Waals surface area (Å²) in [5.74, 6) is -0.637. The van der Waals surface area contributed by atoms with Crippen LogP contribution in [0, 0.1) is 11.3 Å². The maximum absolute atomic E-state index is 12.7. The van der Waals surface area contributed by atoms with Gasteiger partial charge in [-0.2, -0.15) is 5.26 Å². The van der Waals surface area contributed by atoms with Crippen molar-refractivity contribution < 1.29 is 9.59 Å². The van der Waals surface area contributed by atoms with Gasteiger partial charge in [0.25, 0.3) is 5.91 Å². The van der Waals surface area contributed by atoms with Crippen LogP contribution in [-0.4, -0.2) is 29.8 Å². The second-order valence-electron chi connectivity index (χ2n) is 6.34. The highest BCUT2D eigenvalue weighted by molar-refractivity contribution is 6.01. The number of hydrogen-bond acceptors (Lipinski definition) is 4. The Labute approximate surface area is 148 Å². The number of amides is 2. The van der Waals surface area contributed by atoms with Gasteiger partial charge in [-0.15, -0.1) is 0 Å². The number of benzene rings is 1. The lowest BCUT2D eigenvalue weighted by atomic mass is 9.94. The fourth-order valence-electron chi connectivity index (χ4n) is 3.07. The Kier molecular flexibility index (Phi) is 6.18. The van der Waals surface area contributed by atoms with Crippen LogP contribution in [0.25, 0.3) is 0 Å². The summed E-state index contributed by atoms with van der Waals surface area (Å²) in [5, 5.41) is 9.44. The molecule has 1 aliphatic carbocycles. The zero-order valence-corrected chi connectivity index (χ0v) is 14.7. The maximum Gasteiger partial charge on any atom is 0.266 e. The molecule has 2 rings (SSSR count). The van der Waals surface area contributed by atoms with Gasteiger partial charge in [0.05, 0.1) is 0 Å². The SMILES string of the molecule is CC(=O)N(/C=C(/C#N)C(=O)N(C)C1CCCCC1)c1ccc(N)cc1. The van der Waals surface area contributed by atoms with Gasteiger partial charge in [0.1, 0.15) is 11.6 Å². The molecule has 6 nitrogen and oxygen atoms in total. The summed E-state index contributed by atoms with van der Waals surface area (Å²) in [4.78, 5) is 27.6. The van der Waals surface area contributed by atoms with E-state index in [0.29, 0.717) is 11.4 Å². The molecular formula is C19H24N4O2. The first-order valence-electron chi connectivity index (χ1n) is 8.48. The van der Waals surface area contributed by atoms with Crippen LogP contribution in [0.2, 0.25) is 0 Å². The molecule has 25 heavy (non-hydrogen) atoms. The van der Waals surface area contributed by atoms with Crippen LogP contribution in [0.1, 0.15) is 39.0 Å². The molecule has 1 aromatic carbocycles. The molecular weight excluding hydrogens is 316 g/mol. The van der Waals surface area contributed by atoms with Crippen molar-refractivity contribution in [3.8, 4) is 6.07 Å². The highest BCUT2D eigenvalue weighted by Crippen LogP contribution is 2.23. The van der Waals surface area contributed by atoms with Crippen LogP contribution in [0.5, 0.6) is 0 Å². The van der Waals surface area contributed by atoms with Crippen molar-refractivity contribution in [2.24, 2.45) is 0 Å². The number of anilines is 2. The number of nitrogens with zero attached hydrogens (tertiary/aromatic N) is 3. The van der Waals surface area contributed by atoms with Crippen molar-refractivity contribution in [3.63, 3.8) is 0 Å². The third-order valence-electron chi connectivity index (χ3n) is 4.56. The Hall–Kier alpha value is -2.81. The van der Waals surface area contributed by atoms with Gasteiger partial charge < -0.3 is 10.6 Å². The third kappa shape index (κ3) is 4.60. The minimum atomic E-state index is -0.351. The quantitative estimate of drug-likeness (QED) is 0.518. The fourth-order valence-corrected chi connectivity index (χ4v) is 3.07. The van der Waals surface area contributed by atoms with E-state index in [0.717, 1.165) is 25.7 Å². The predicted octanol–water partition coefficient (Wildman–Crippen LogP) is 2.82. The summed E-state index contributed by atoms with van der Waals surface area (Å²) < 4.78 is 0. The van der Waals surface area contributed by atoms with Gasteiger partial charge >= 0.3 is 0 Å². The van der Waals surface area contributed by atoms with Crippen LogP contribution >= 0.6 is 0 Å². The smallest absolute Gasteiger partial charge is 0.266 e. The molecule has 2 N–H and O–H groups in total. The van der Waals surface area contributed by atoms with Crippen molar-refractivity contribution in [2.75, 3.05) is 17.7 Å². The van der Waals surface area contributed by atoms with Crippen molar-refractivity contribution in [3.05, 3.63) is 36.0 Å². The van der Waals surface area contributed by atoms with Gasteiger partial charge in [-0.3, -0.25) is 14.5 Å². The largest absolute Gasteiger partial charge is 0.399 e. The number of rotatable bonds is 4. The summed E-state index contributed by atoms with van der Waals surface area (Å²) in [6, 6.07) is 8.78. The highest BCUT2D eigenvalue weighted by Gasteiger charge is 2.25. The van der Waals surface area contributed by atoms with Gasteiger partial charge in [0.15, 0.2) is 0 Å². The second kappa shape index (κ2) is 8.34. The number of nitrogens with two attached hydrogens (primary N) is 1. The molecule has 1 saturated carbocycles. The van der Waals surface area contributed by atoms with Crippen LogP contribution in [0.15, 0.2) is 36.0 Å². The second-order valence-corrected chi connectivity index (χ2v) is 6.34. The fraction of sp³-hybridized carbons (Fsp3) is 0.421. The lowest BCUT2D eigenvalue weighted by Gasteiger charge is -2.31. The zero-order valence-electron chi connectivity index (χ0n) is 14.7. The molecule has 0 atom stereocenters. The van der Waals surface area contributed by atoms with Crippen LogP contribution in [-0.2, 0) is 9.59 Å². The summed E-state index contributed by atoms with van der Waals surface area (Å²) in [6.07, 6.45) is 6.60. The summed E-state index contributed by atoms with van der Waals surface area (Å²) in [7, 11) is 1.73. The summed E-state index contributed by atoms with van der Waals surface area (Å²) in [6.45, 7) is 1.39. The van der Waals surface area contributed by atoms with E-state index in [2.05, 4.69) is 0 Å². The maximum atomic E-state index is 12.7. The molecule has 0 saturated heterocycles. The van der Waals surface area contributed by atoms with E-state index in [-0.39, 0.29) is 23.4 Å². The molecule has 0 heterocycles. The Bertz CT molecular complexity index is 697. The normalized spacial score (nSPS) is 15.3. The highest BCUT2D eigenvalue weighted by atomic mass is 16.2. The average molecular weight is 340 g/mol. The van der Waals surface area contributed by atoms with Gasteiger partial charge in [-0.25, -0.2) is 0 Å². The van der Waals surface area contributed by atoms with Gasteiger partial charge in [0.2, 0.25) is 5.91 Å². The van der Waals surface area contributed by atoms with E-state index in [1.54, 1.807) is 36.2 Å². The average Bonchev–Trinajstić information content (AvgIpc) is 2.63. The Morgan fingerprint density at radius 2 is 1.80 bits per heavy atom. The van der Waals surface area contributed by atoms with Crippen molar-refractivity contribution >= 4 is 23.2 Å². The minimum absolute atomic E-state index is 0.0555. The number of likely N-dealkylation sites (N-methyl/N-ethyl adjacent to an activating group) is 1. The molecule has 0 aliphatic heterocycles. The number of nitriles is 1. The third-order valence-corrected chi connectivity index (χ3v) is 4.56. The van der Waals surface area contributed by atoms with E-state index in [4.69, 9.17) is 5.73 Å². The molecule has 6 heteroatoms. The lowest BCUT2D eigenvalue weighted by molar-refractivity contribution is -0.128. The molecule has 1 aromatic rings. The molecule has 132 valence electrons. The molecule has 0 radical (unpaired) electrons. The lowest BCUT2D eigenvalue weighted by Crippen LogP contribution is -2.39. The van der Waals surface area contributed by atoms with Crippen LogP contribution in [0.4, 0.5) is 11.4 Å². The topological polar surface area (TPSA) is 90.4 Å². The van der Waals surface area contributed by atoms with Crippen molar-refractivity contribution in [2.45, 2.75) is 45.1 Å². The number of nitrogen functional groups attached to an aromatic ring is 1. The number of hydrogen-bond donors (Lipinski definition) is 1. The minimum Gasteiger partial charge on any atom is -0.399 e. The van der Waals surface area contributed by atoms with E-state index in [9.17, 15) is 14.9 Å². The van der Waals surface area contributed by atoms with E-state index >= 15 is 0 Å². The molecule has 0 bridgehead atoms. The predicted molar refractivity (Wildman–Crippen MR) is 97.4 cm³/mol. The summed E-state index contributed by atoms with van der Waals surface area (Å²) >= 11 is 0. The van der Waals surface area contributed by atoms with Crippen molar-refractivity contribution in [1.29, 1.82) is 5.26 Å². The Morgan fingerprint density at radius 1 is 1.20 bits per heavy atom. The first-order valence-corrected chi connectivity index (χ1v) is 8.48. The first kappa shape index (κ1) is 18.5. The van der Waals surface area contributed by atoms with Crippen LogP contribution in [0.3, 0.4) is 0 Å².